The highest BCUT2D eigenvalue weighted by Gasteiger charge is 2.14. The first-order chi connectivity index (χ1) is 10.0. The maximum absolute atomic E-state index is 6.16. The van der Waals surface area contributed by atoms with E-state index in [2.05, 4.69) is 41.5 Å². The summed E-state index contributed by atoms with van der Waals surface area (Å²) in [6.45, 7) is 4.10. The molecule has 0 bridgehead atoms. The fourth-order valence-electron chi connectivity index (χ4n) is 1.91. The van der Waals surface area contributed by atoms with Gasteiger partial charge in [-0.05, 0) is 48.0 Å². The largest absolute Gasteiger partial charge is 0.366 e. The second-order valence-electron chi connectivity index (χ2n) is 4.80. The van der Waals surface area contributed by atoms with Crippen LogP contribution in [0.15, 0.2) is 28.9 Å². The molecule has 0 fully saturated rings. The van der Waals surface area contributed by atoms with Crippen LogP contribution >= 0.6 is 27.5 Å². The van der Waals surface area contributed by atoms with E-state index < -0.39 is 0 Å². The zero-order valence-corrected chi connectivity index (χ0v) is 13.7. The second-order valence-corrected chi connectivity index (χ2v) is 6.08. The van der Waals surface area contributed by atoms with E-state index in [1.807, 2.05) is 32.0 Å². The summed E-state index contributed by atoms with van der Waals surface area (Å²) in [5, 5.41) is 16.4. The summed E-state index contributed by atoms with van der Waals surface area (Å²) in [5.74, 6) is 1.30. The van der Waals surface area contributed by atoms with Crippen molar-refractivity contribution in [2.75, 3.05) is 5.32 Å². The number of halogens is 2. The molecule has 0 amide bonds. The van der Waals surface area contributed by atoms with Crippen molar-refractivity contribution in [1.82, 2.24) is 24.8 Å². The molecular weight excluding hydrogens is 356 g/mol. The van der Waals surface area contributed by atoms with Crippen LogP contribution in [0.25, 0.3) is 17.0 Å². The Bertz CT molecular complexity index is 800. The molecule has 0 saturated heterocycles. The maximum atomic E-state index is 6.16. The molecular formula is C13H12BrClN6. The molecule has 0 aliphatic carbocycles. The monoisotopic (exact) mass is 366 g/mol. The highest BCUT2D eigenvalue weighted by atomic mass is 79.9. The van der Waals surface area contributed by atoms with Crippen molar-refractivity contribution in [1.29, 1.82) is 0 Å². The number of pyridine rings is 1. The molecule has 3 aromatic rings. The first kappa shape index (κ1) is 14.2. The van der Waals surface area contributed by atoms with Gasteiger partial charge in [-0.25, -0.2) is 4.98 Å². The molecule has 0 aliphatic rings. The van der Waals surface area contributed by atoms with Gasteiger partial charge in [0, 0.05) is 16.7 Å². The van der Waals surface area contributed by atoms with Gasteiger partial charge >= 0.3 is 0 Å². The molecule has 6 nitrogen and oxygen atoms in total. The lowest BCUT2D eigenvalue weighted by Gasteiger charge is -2.09. The number of rotatable bonds is 3. The van der Waals surface area contributed by atoms with Gasteiger partial charge in [0.2, 0.25) is 0 Å². The molecule has 21 heavy (non-hydrogen) atoms. The van der Waals surface area contributed by atoms with Crippen LogP contribution in [0.3, 0.4) is 0 Å². The van der Waals surface area contributed by atoms with E-state index in [4.69, 9.17) is 11.6 Å². The number of nitrogens with zero attached hydrogens (tertiary/aromatic N) is 5. The number of hydrogen-bond donors (Lipinski definition) is 1. The zero-order valence-electron chi connectivity index (χ0n) is 11.4. The van der Waals surface area contributed by atoms with Crippen molar-refractivity contribution in [3.63, 3.8) is 0 Å². The van der Waals surface area contributed by atoms with E-state index in [0.717, 1.165) is 10.3 Å². The molecule has 0 aliphatic heterocycles. The molecule has 0 atom stereocenters. The molecule has 0 saturated carbocycles. The van der Waals surface area contributed by atoms with Gasteiger partial charge in [-0.2, -0.15) is 4.52 Å². The summed E-state index contributed by atoms with van der Waals surface area (Å²) in [5.41, 5.74) is 1.32. The van der Waals surface area contributed by atoms with Crippen molar-refractivity contribution in [2.45, 2.75) is 19.9 Å². The summed E-state index contributed by atoms with van der Waals surface area (Å²) < 4.78 is 2.47. The third kappa shape index (κ3) is 2.84. The van der Waals surface area contributed by atoms with E-state index in [-0.39, 0.29) is 6.04 Å². The Morgan fingerprint density at radius 1 is 1.29 bits per heavy atom. The van der Waals surface area contributed by atoms with Crippen LogP contribution in [-0.4, -0.2) is 30.8 Å². The summed E-state index contributed by atoms with van der Waals surface area (Å²) in [6, 6.07) is 5.85. The summed E-state index contributed by atoms with van der Waals surface area (Å²) >= 11 is 9.54. The minimum atomic E-state index is 0.283. The van der Waals surface area contributed by atoms with Crippen molar-refractivity contribution < 1.29 is 0 Å². The number of hydrogen-bond acceptors (Lipinski definition) is 5. The standard InChI is InChI=1S/C13H12BrClN6/c1-7(2)17-10-3-4-11-18-19-13(21(11)20-10)9-5-8(14)6-16-12(9)15/h3-7H,1-2H3,(H,17,20). The molecule has 8 heteroatoms. The van der Waals surface area contributed by atoms with E-state index >= 15 is 0 Å². The van der Waals surface area contributed by atoms with E-state index in [0.29, 0.717) is 22.2 Å². The molecule has 3 rings (SSSR count). The van der Waals surface area contributed by atoms with Gasteiger partial charge in [0.05, 0.1) is 5.56 Å². The number of fused-ring (bicyclic) bond motifs is 1. The predicted molar refractivity (Wildman–Crippen MR) is 85.5 cm³/mol. The molecule has 0 radical (unpaired) electrons. The normalized spacial score (nSPS) is 11.3. The Labute approximate surface area is 134 Å². The summed E-state index contributed by atoms with van der Waals surface area (Å²) in [6.07, 6.45) is 1.63. The number of nitrogens with one attached hydrogen (secondary N) is 1. The quantitative estimate of drug-likeness (QED) is 0.718. The fraction of sp³-hybridized carbons (Fsp3) is 0.231. The third-order valence-corrected chi connectivity index (χ3v) is 3.48. The molecule has 0 aromatic carbocycles. The molecule has 0 unspecified atom stereocenters. The Morgan fingerprint density at radius 2 is 2.10 bits per heavy atom. The average molecular weight is 368 g/mol. The Kier molecular flexibility index (Phi) is 3.77. The van der Waals surface area contributed by atoms with Gasteiger partial charge in [0.15, 0.2) is 11.5 Å². The smallest absolute Gasteiger partial charge is 0.188 e. The lowest BCUT2D eigenvalue weighted by molar-refractivity contribution is 0.857. The Balaban J connectivity index is 2.16. The Hall–Kier alpha value is -1.73. The van der Waals surface area contributed by atoms with Gasteiger partial charge in [-0.3, -0.25) is 0 Å². The van der Waals surface area contributed by atoms with Gasteiger partial charge in [0.1, 0.15) is 11.0 Å². The fourth-order valence-corrected chi connectivity index (χ4v) is 2.43. The van der Waals surface area contributed by atoms with E-state index in [9.17, 15) is 0 Å². The van der Waals surface area contributed by atoms with Crippen LogP contribution in [0.1, 0.15) is 13.8 Å². The Morgan fingerprint density at radius 3 is 2.86 bits per heavy atom. The van der Waals surface area contributed by atoms with E-state index in [1.165, 1.54) is 0 Å². The molecule has 0 spiro atoms. The molecule has 1 N–H and O–H groups in total. The van der Waals surface area contributed by atoms with Crippen LogP contribution < -0.4 is 5.32 Å². The molecule has 108 valence electrons. The first-order valence-corrected chi connectivity index (χ1v) is 7.52. The van der Waals surface area contributed by atoms with Crippen LogP contribution in [0.4, 0.5) is 5.82 Å². The van der Waals surface area contributed by atoms with Gasteiger partial charge in [-0.15, -0.1) is 15.3 Å². The highest BCUT2D eigenvalue weighted by molar-refractivity contribution is 9.10. The first-order valence-electron chi connectivity index (χ1n) is 6.35. The van der Waals surface area contributed by atoms with Crippen LogP contribution in [0.2, 0.25) is 5.15 Å². The maximum Gasteiger partial charge on any atom is 0.188 e. The van der Waals surface area contributed by atoms with Crippen LogP contribution in [-0.2, 0) is 0 Å². The van der Waals surface area contributed by atoms with Crippen molar-refractivity contribution in [3.05, 3.63) is 34.0 Å². The minimum Gasteiger partial charge on any atom is -0.366 e. The van der Waals surface area contributed by atoms with Crippen LogP contribution in [0.5, 0.6) is 0 Å². The topological polar surface area (TPSA) is 68.0 Å². The lowest BCUT2D eigenvalue weighted by Crippen LogP contribution is -2.12. The summed E-state index contributed by atoms with van der Waals surface area (Å²) in [4.78, 5) is 4.11. The average Bonchev–Trinajstić information content (AvgIpc) is 2.84. The highest BCUT2D eigenvalue weighted by Crippen LogP contribution is 2.27. The lowest BCUT2D eigenvalue weighted by atomic mass is 10.3. The van der Waals surface area contributed by atoms with Gasteiger partial charge in [-0.1, -0.05) is 11.6 Å². The predicted octanol–water partition coefficient (Wildman–Crippen LogP) is 3.42. The molecule has 3 aromatic heterocycles. The number of aromatic nitrogens is 5. The van der Waals surface area contributed by atoms with Crippen molar-refractivity contribution in [3.8, 4) is 11.4 Å². The third-order valence-electron chi connectivity index (χ3n) is 2.75. The van der Waals surface area contributed by atoms with Crippen molar-refractivity contribution in [2.24, 2.45) is 0 Å². The van der Waals surface area contributed by atoms with Gasteiger partial charge in [0.25, 0.3) is 0 Å². The summed E-state index contributed by atoms with van der Waals surface area (Å²) in [7, 11) is 0. The van der Waals surface area contributed by atoms with Gasteiger partial charge < -0.3 is 5.32 Å². The number of anilines is 1. The minimum absolute atomic E-state index is 0.283. The van der Waals surface area contributed by atoms with Crippen molar-refractivity contribution >= 4 is 39.0 Å². The SMILES string of the molecule is CC(C)Nc1ccc2nnc(-c3cc(Br)cnc3Cl)n2n1. The van der Waals surface area contributed by atoms with E-state index in [1.54, 1.807) is 10.7 Å². The molecule has 3 heterocycles. The zero-order chi connectivity index (χ0) is 15.0. The second kappa shape index (κ2) is 5.57. The van der Waals surface area contributed by atoms with Crippen LogP contribution in [0, 0.1) is 0 Å².